The molecule has 20 nitrogen and oxygen atoms in total. The second-order valence-corrected chi connectivity index (χ2v) is 13.2. The molecule has 1 unspecified atom stereocenters. The van der Waals surface area contributed by atoms with E-state index in [2.05, 4.69) is 62.0 Å². The number of H-pyrrole nitrogens is 1. The molecular weight excluding hydrogens is 702 g/mol. The number of fused-ring (bicyclic) bond motifs is 1. The summed E-state index contributed by atoms with van der Waals surface area (Å²) < 4.78 is 0. The van der Waals surface area contributed by atoms with Gasteiger partial charge in [-0.05, 0) is 85.3 Å². The molecule has 0 saturated heterocycles. The fourth-order valence-corrected chi connectivity index (χ4v) is 4.57. The van der Waals surface area contributed by atoms with Crippen molar-refractivity contribution in [3.05, 3.63) is 57.0 Å². The number of aromatic amines is 1. The largest absolute Gasteiger partial charge is 0.411 e. The number of anilines is 2. The van der Waals surface area contributed by atoms with Gasteiger partial charge in [0.25, 0.3) is 17.4 Å². The lowest BCUT2D eigenvalue weighted by Gasteiger charge is -2.27. The third-order valence-corrected chi connectivity index (χ3v) is 8.48. The molecule has 2 aromatic heterocycles. The van der Waals surface area contributed by atoms with Gasteiger partial charge in [-0.1, -0.05) is 17.2 Å². The second-order valence-electron chi connectivity index (χ2n) is 13.2. The van der Waals surface area contributed by atoms with Gasteiger partial charge in [-0.15, -0.1) is 4.91 Å². The number of hydrogen-bond acceptors (Lipinski definition) is 16. The van der Waals surface area contributed by atoms with Crippen molar-refractivity contribution in [1.29, 1.82) is 0 Å². The van der Waals surface area contributed by atoms with Crippen molar-refractivity contribution >= 4 is 51.9 Å². The van der Waals surface area contributed by atoms with Gasteiger partial charge >= 0.3 is 0 Å². The van der Waals surface area contributed by atoms with Crippen LogP contribution in [0.1, 0.15) is 83.3 Å². The number of nitrogens with one attached hydrogen (secondary N) is 6. The van der Waals surface area contributed by atoms with Gasteiger partial charge in [0.15, 0.2) is 11.2 Å². The molecule has 0 aliphatic rings. The van der Waals surface area contributed by atoms with Gasteiger partial charge < -0.3 is 42.7 Å². The summed E-state index contributed by atoms with van der Waals surface area (Å²) in [5.41, 5.74) is 6.83. The molecule has 294 valence electrons. The Hall–Kier alpha value is -5.89. The fourth-order valence-electron chi connectivity index (χ4n) is 4.57. The standard InChI is InChI=1S/C28H37N11O6.C6H14N2O/c1-4-12-33-28(2,3)20(38-44)11-13-30-25(42)19(9-10-21(40)39-45)35-24(41)16-5-7-17(8-6-16)31-14-18-15-32-23-22(34-18)26(43)37-27(29)36-23;1-5(8-9)6(2,3)7-4/h5-8,15,19,31,33,44H,4,9-14H2,1-3H3,(H,30,42)(H,35,41)(H3,29,32,36,37,43);7,9H,1-4H3/b38-20+;8-5+. The topological polar surface area (TPSA) is 304 Å². The molecule has 3 rings (SSSR count). The van der Waals surface area contributed by atoms with E-state index in [4.69, 9.17) is 10.9 Å². The van der Waals surface area contributed by atoms with Crippen molar-refractivity contribution in [2.24, 2.45) is 15.5 Å². The summed E-state index contributed by atoms with van der Waals surface area (Å²) in [6.07, 6.45) is 2.08. The van der Waals surface area contributed by atoms with Crippen LogP contribution in [0.3, 0.4) is 0 Å². The molecule has 0 aliphatic carbocycles. The summed E-state index contributed by atoms with van der Waals surface area (Å²) in [7, 11) is 1.83. The van der Waals surface area contributed by atoms with Crippen LogP contribution in [0.5, 0.6) is 0 Å². The van der Waals surface area contributed by atoms with Crippen molar-refractivity contribution in [3.63, 3.8) is 0 Å². The molecule has 10 N–H and O–H groups in total. The van der Waals surface area contributed by atoms with Crippen LogP contribution in [0.2, 0.25) is 0 Å². The van der Waals surface area contributed by atoms with Gasteiger partial charge in [-0.3, -0.25) is 24.2 Å². The van der Waals surface area contributed by atoms with E-state index in [0.717, 1.165) is 6.42 Å². The monoisotopic (exact) mass is 753 g/mol. The number of oxime groups is 2. The Morgan fingerprint density at radius 1 is 1.00 bits per heavy atom. The summed E-state index contributed by atoms with van der Waals surface area (Å²) in [5.74, 6) is -2.17. The van der Waals surface area contributed by atoms with Gasteiger partial charge in [0, 0.05) is 35.8 Å². The quantitative estimate of drug-likeness (QED) is 0.0389. The molecule has 3 amide bonds. The van der Waals surface area contributed by atoms with Crippen molar-refractivity contribution in [3.8, 4) is 0 Å². The minimum atomic E-state index is -1.14. The first-order valence-electron chi connectivity index (χ1n) is 17.2. The number of aromatic nitrogens is 4. The predicted molar refractivity (Wildman–Crippen MR) is 205 cm³/mol. The number of benzene rings is 1. The Morgan fingerprint density at radius 2 is 1.69 bits per heavy atom. The minimum Gasteiger partial charge on any atom is -0.411 e. The zero-order chi connectivity index (χ0) is 40.5. The van der Waals surface area contributed by atoms with Crippen LogP contribution in [-0.4, -0.2) is 96.8 Å². The number of nitroso groups, excluding NO2 is 1. The Kier molecular flexibility index (Phi) is 17.2. The van der Waals surface area contributed by atoms with Crippen LogP contribution >= 0.6 is 0 Å². The van der Waals surface area contributed by atoms with Crippen LogP contribution in [0.15, 0.2) is 50.7 Å². The number of nitrogen functional groups attached to an aromatic ring is 1. The molecule has 1 atom stereocenters. The molecule has 0 bridgehead atoms. The van der Waals surface area contributed by atoms with Crippen molar-refractivity contribution in [1.82, 2.24) is 41.2 Å². The molecule has 0 fully saturated rings. The van der Waals surface area contributed by atoms with E-state index in [1.165, 1.54) is 18.3 Å². The lowest BCUT2D eigenvalue weighted by atomic mass is 9.95. The van der Waals surface area contributed by atoms with E-state index in [1.54, 1.807) is 19.1 Å². The third-order valence-electron chi connectivity index (χ3n) is 8.48. The van der Waals surface area contributed by atoms with E-state index in [-0.39, 0.29) is 60.6 Å². The Bertz CT molecular complexity index is 1860. The fraction of sp³-hybridized carbons (Fsp3) is 0.500. The maximum atomic E-state index is 13.0. The summed E-state index contributed by atoms with van der Waals surface area (Å²) >= 11 is 0. The van der Waals surface area contributed by atoms with E-state index < -0.39 is 34.9 Å². The molecule has 2 heterocycles. The van der Waals surface area contributed by atoms with Crippen molar-refractivity contribution in [2.75, 3.05) is 31.2 Å². The molecule has 0 spiro atoms. The highest BCUT2D eigenvalue weighted by atomic mass is 16.4. The first-order chi connectivity index (χ1) is 25.5. The zero-order valence-electron chi connectivity index (χ0n) is 31.6. The van der Waals surface area contributed by atoms with Gasteiger partial charge in [0.2, 0.25) is 11.9 Å². The summed E-state index contributed by atoms with van der Waals surface area (Å²) in [5, 5.41) is 41.3. The number of carbonyl (C=O) groups excluding carboxylic acids is 3. The molecule has 0 saturated carbocycles. The number of nitrogens with two attached hydrogens (primary N) is 1. The van der Waals surface area contributed by atoms with Gasteiger partial charge in [-0.25, -0.2) is 9.97 Å². The molecule has 1 aromatic carbocycles. The Labute approximate surface area is 312 Å². The molecule has 3 aromatic rings. The lowest BCUT2D eigenvalue weighted by Crippen LogP contribution is -2.50. The number of rotatable bonds is 18. The smallest absolute Gasteiger partial charge is 0.286 e. The number of nitrogens with zero attached hydrogens (tertiary/aromatic N) is 6. The third kappa shape index (κ3) is 13.6. The van der Waals surface area contributed by atoms with E-state index >= 15 is 0 Å². The Morgan fingerprint density at radius 3 is 2.26 bits per heavy atom. The van der Waals surface area contributed by atoms with E-state index in [0.29, 0.717) is 29.3 Å². The summed E-state index contributed by atoms with van der Waals surface area (Å²) in [4.78, 5) is 74.8. The van der Waals surface area contributed by atoms with Gasteiger partial charge in [-0.2, -0.15) is 4.98 Å². The van der Waals surface area contributed by atoms with Crippen LogP contribution in [0.25, 0.3) is 11.2 Å². The van der Waals surface area contributed by atoms with Crippen LogP contribution in [-0.2, 0) is 16.1 Å². The first kappa shape index (κ1) is 44.3. The van der Waals surface area contributed by atoms with Crippen LogP contribution < -0.4 is 37.9 Å². The van der Waals surface area contributed by atoms with E-state index in [1.807, 2.05) is 41.7 Å². The zero-order valence-corrected chi connectivity index (χ0v) is 31.6. The van der Waals surface area contributed by atoms with Gasteiger partial charge in [0.05, 0.1) is 40.9 Å². The molecule has 0 radical (unpaired) electrons. The Balaban J connectivity index is 0.000000990. The second kappa shape index (κ2) is 21.0. The number of hydrogen-bond donors (Lipinski definition) is 9. The highest BCUT2D eigenvalue weighted by molar-refractivity contribution is 5.98. The number of amides is 3. The molecular formula is C34H51N13O7. The van der Waals surface area contributed by atoms with Crippen molar-refractivity contribution < 1.29 is 24.8 Å². The predicted octanol–water partition coefficient (Wildman–Crippen LogP) is 2.03. The molecule has 54 heavy (non-hydrogen) atoms. The average molecular weight is 754 g/mol. The number of carbonyl (C=O) groups is 3. The van der Waals surface area contributed by atoms with Crippen LogP contribution in [0, 0.1) is 4.91 Å². The highest BCUT2D eigenvalue weighted by Gasteiger charge is 2.26. The maximum absolute atomic E-state index is 13.0. The summed E-state index contributed by atoms with van der Waals surface area (Å²) in [6, 6.07) is 5.20. The summed E-state index contributed by atoms with van der Waals surface area (Å²) in [6.45, 7) is 12.4. The molecule has 20 heteroatoms. The first-order valence-corrected chi connectivity index (χ1v) is 17.2. The maximum Gasteiger partial charge on any atom is 0.286 e. The van der Waals surface area contributed by atoms with Crippen molar-refractivity contribution in [2.45, 2.75) is 90.9 Å². The normalized spacial score (nSPS) is 12.6. The van der Waals surface area contributed by atoms with Gasteiger partial charge in [0.1, 0.15) is 6.04 Å². The lowest BCUT2D eigenvalue weighted by molar-refractivity contribution is -0.123. The molecule has 0 aliphatic heterocycles. The average Bonchev–Trinajstić information content (AvgIpc) is 3.16. The highest BCUT2D eigenvalue weighted by Crippen LogP contribution is 2.13. The van der Waals surface area contributed by atoms with Crippen LogP contribution in [0.4, 0.5) is 11.6 Å². The SMILES string of the molecule is CCCNC(C)(C)/C(CCNC(=O)C(CCC(=O)N=O)NC(=O)c1ccc(NCc2cnc3nc(N)[nH]c(=O)c3n2)cc1)=N/O.CNC(C)(C)/C(C)=N/O. The minimum absolute atomic E-state index is 0.0505. The van der Waals surface area contributed by atoms with E-state index in [9.17, 15) is 29.3 Å².